The highest BCUT2D eigenvalue weighted by Crippen LogP contribution is 2.36. The molecule has 5 rings (SSSR count). The molecule has 0 radical (unpaired) electrons. The second-order valence-electron chi connectivity index (χ2n) is 9.73. The summed E-state index contributed by atoms with van der Waals surface area (Å²) in [5.41, 5.74) is 1.77. The van der Waals surface area contributed by atoms with E-state index in [0.717, 1.165) is 80.4 Å². The van der Waals surface area contributed by atoms with E-state index in [4.69, 9.17) is 28.9 Å². The second kappa shape index (κ2) is 12.0. The Kier molecular flexibility index (Phi) is 8.35. The third-order valence-corrected chi connectivity index (χ3v) is 7.10. The third-order valence-electron chi connectivity index (χ3n) is 7.10. The smallest absolute Gasteiger partial charge is 0.225 e. The van der Waals surface area contributed by atoms with Gasteiger partial charge in [0.1, 0.15) is 17.7 Å². The molecule has 0 unspecified atom stereocenters. The molecule has 10 heteroatoms. The van der Waals surface area contributed by atoms with Crippen LogP contribution in [0.2, 0.25) is 0 Å². The predicted molar refractivity (Wildman–Crippen MR) is 138 cm³/mol. The molecule has 4 heterocycles. The van der Waals surface area contributed by atoms with Crippen molar-refractivity contribution in [2.75, 3.05) is 45.1 Å². The van der Waals surface area contributed by atoms with Gasteiger partial charge in [-0.15, -0.1) is 0 Å². The molecule has 0 atom stereocenters. The fourth-order valence-electron chi connectivity index (χ4n) is 5.06. The van der Waals surface area contributed by atoms with Crippen LogP contribution in [-0.4, -0.2) is 66.1 Å². The van der Waals surface area contributed by atoms with Crippen molar-refractivity contribution in [1.29, 1.82) is 0 Å². The molecular weight excluding hydrogens is 477 g/mol. The van der Waals surface area contributed by atoms with Crippen molar-refractivity contribution in [3.63, 3.8) is 0 Å². The molecule has 200 valence electrons. The molecule has 1 saturated carbocycles. The molecule has 0 amide bonds. The van der Waals surface area contributed by atoms with Gasteiger partial charge in [0, 0.05) is 26.3 Å². The van der Waals surface area contributed by atoms with Gasteiger partial charge in [0.25, 0.3) is 0 Å². The van der Waals surface area contributed by atoms with Gasteiger partial charge in [0.05, 0.1) is 48.2 Å². The molecule has 0 N–H and O–H groups in total. The molecule has 1 aliphatic heterocycles. The molecule has 3 aromatic rings. The van der Waals surface area contributed by atoms with Gasteiger partial charge < -0.3 is 23.8 Å². The van der Waals surface area contributed by atoms with Gasteiger partial charge in [0.15, 0.2) is 12.6 Å². The van der Waals surface area contributed by atoms with Crippen molar-refractivity contribution in [3.05, 3.63) is 36.0 Å². The predicted octanol–water partition coefficient (Wildman–Crippen LogP) is 4.69. The molecular formula is C27H36FN5O4. The second-order valence-corrected chi connectivity index (χ2v) is 9.73. The van der Waals surface area contributed by atoms with Crippen molar-refractivity contribution in [1.82, 2.24) is 19.7 Å². The first-order valence-electron chi connectivity index (χ1n) is 13.3. The minimum atomic E-state index is -0.300. The van der Waals surface area contributed by atoms with E-state index in [1.807, 2.05) is 12.1 Å². The van der Waals surface area contributed by atoms with Gasteiger partial charge >= 0.3 is 0 Å². The first kappa shape index (κ1) is 25.7. The number of anilines is 1. The standard InChI is InChI=1S/C27H36FN5O4/c1-3-4-5-23-25(36-18-34-2)14-22-24(30-23)15-26(32-10-12-35-13-11-32)31-27(22)37-21-8-6-20(7-9-21)33-17-19(28)16-29-33/h14-17,20-21H,3-13,18H2,1-2H3/t20-,21+. The molecule has 37 heavy (non-hydrogen) atoms. The fourth-order valence-corrected chi connectivity index (χ4v) is 5.06. The number of fused-ring (bicyclic) bond motifs is 1. The van der Waals surface area contributed by atoms with Crippen LogP contribution < -0.4 is 14.4 Å². The monoisotopic (exact) mass is 513 g/mol. The number of methoxy groups -OCH3 is 1. The zero-order chi connectivity index (χ0) is 25.6. The zero-order valence-corrected chi connectivity index (χ0v) is 21.7. The number of pyridine rings is 2. The summed E-state index contributed by atoms with van der Waals surface area (Å²) in [5, 5.41) is 4.99. The maximum Gasteiger partial charge on any atom is 0.225 e. The molecule has 1 aliphatic carbocycles. The van der Waals surface area contributed by atoms with Gasteiger partial charge in [-0.3, -0.25) is 4.68 Å². The number of rotatable bonds is 10. The maximum absolute atomic E-state index is 13.4. The molecule has 0 aromatic carbocycles. The summed E-state index contributed by atoms with van der Waals surface area (Å²) in [6, 6.07) is 4.23. The highest BCUT2D eigenvalue weighted by atomic mass is 19.1. The maximum atomic E-state index is 13.4. The van der Waals surface area contributed by atoms with E-state index in [1.165, 1.54) is 12.4 Å². The van der Waals surface area contributed by atoms with Crippen molar-refractivity contribution >= 4 is 16.7 Å². The van der Waals surface area contributed by atoms with Crippen molar-refractivity contribution in [3.8, 4) is 11.6 Å². The first-order valence-corrected chi connectivity index (χ1v) is 13.3. The van der Waals surface area contributed by atoms with Crippen LogP contribution in [0.5, 0.6) is 11.6 Å². The Bertz CT molecular complexity index is 1180. The van der Waals surface area contributed by atoms with Crippen LogP contribution in [0.25, 0.3) is 10.9 Å². The Balaban J connectivity index is 1.44. The lowest BCUT2D eigenvalue weighted by atomic mass is 9.93. The van der Waals surface area contributed by atoms with Gasteiger partial charge in [-0.05, 0) is 44.6 Å². The van der Waals surface area contributed by atoms with Crippen LogP contribution in [0.4, 0.5) is 10.2 Å². The van der Waals surface area contributed by atoms with Gasteiger partial charge in [0.2, 0.25) is 5.88 Å². The molecule has 2 aliphatic rings. The third kappa shape index (κ3) is 6.13. The quantitative estimate of drug-likeness (QED) is 0.361. The van der Waals surface area contributed by atoms with E-state index >= 15 is 0 Å². The van der Waals surface area contributed by atoms with E-state index in [2.05, 4.69) is 16.9 Å². The Morgan fingerprint density at radius 1 is 1.11 bits per heavy atom. The van der Waals surface area contributed by atoms with Gasteiger partial charge in [-0.2, -0.15) is 10.1 Å². The lowest BCUT2D eigenvalue weighted by Crippen LogP contribution is -2.36. The lowest BCUT2D eigenvalue weighted by molar-refractivity contribution is 0.0502. The molecule has 3 aromatic heterocycles. The van der Waals surface area contributed by atoms with E-state index < -0.39 is 0 Å². The Morgan fingerprint density at radius 2 is 1.92 bits per heavy atom. The zero-order valence-electron chi connectivity index (χ0n) is 21.7. The van der Waals surface area contributed by atoms with Crippen molar-refractivity contribution < 1.29 is 23.3 Å². The fraction of sp³-hybridized carbons (Fsp3) is 0.593. The van der Waals surface area contributed by atoms with Crippen molar-refractivity contribution in [2.45, 2.75) is 64.0 Å². The first-order chi connectivity index (χ1) is 18.1. The van der Waals surface area contributed by atoms with Gasteiger partial charge in [-0.25, -0.2) is 9.37 Å². The summed E-state index contributed by atoms with van der Waals surface area (Å²) >= 11 is 0. The van der Waals surface area contributed by atoms with Crippen molar-refractivity contribution in [2.24, 2.45) is 0 Å². The number of halogens is 1. The van der Waals surface area contributed by atoms with Gasteiger partial charge in [-0.1, -0.05) is 13.3 Å². The normalized spacial score (nSPS) is 20.4. The van der Waals surface area contributed by atoms with Crippen LogP contribution >= 0.6 is 0 Å². The minimum Gasteiger partial charge on any atom is -0.474 e. The number of nitrogens with zero attached hydrogens (tertiary/aromatic N) is 5. The van der Waals surface area contributed by atoms with Crippen LogP contribution in [0, 0.1) is 5.82 Å². The van der Waals surface area contributed by atoms with Crippen LogP contribution in [0.1, 0.15) is 57.2 Å². The van der Waals surface area contributed by atoms with Crippen LogP contribution in [0.15, 0.2) is 24.5 Å². The minimum absolute atomic E-state index is 0.00964. The summed E-state index contributed by atoms with van der Waals surface area (Å²) in [6.07, 6.45) is 9.08. The Hall–Kier alpha value is -2.98. The summed E-state index contributed by atoms with van der Waals surface area (Å²) < 4.78 is 38.4. The van der Waals surface area contributed by atoms with E-state index in [9.17, 15) is 4.39 Å². The highest BCUT2D eigenvalue weighted by molar-refractivity contribution is 5.87. The van der Waals surface area contributed by atoms with Crippen LogP contribution in [0.3, 0.4) is 0 Å². The number of aryl methyl sites for hydroxylation is 1. The molecule has 0 spiro atoms. The average Bonchev–Trinajstić information content (AvgIpc) is 3.37. The van der Waals surface area contributed by atoms with E-state index in [0.29, 0.717) is 24.8 Å². The lowest BCUT2D eigenvalue weighted by Gasteiger charge is -2.31. The topological polar surface area (TPSA) is 83.8 Å². The summed E-state index contributed by atoms with van der Waals surface area (Å²) in [6.45, 7) is 5.23. The van der Waals surface area contributed by atoms with E-state index in [1.54, 1.807) is 11.8 Å². The summed E-state index contributed by atoms with van der Waals surface area (Å²) in [7, 11) is 1.61. The molecule has 0 bridgehead atoms. The number of morpholine rings is 1. The molecule has 2 fully saturated rings. The largest absolute Gasteiger partial charge is 0.474 e. The number of aromatic nitrogens is 4. The van der Waals surface area contributed by atoms with E-state index in [-0.39, 0.29) is 24.8 Å². The highest BCUT2D eigenvalue weighted by Gasteiger charge is 2.26. The summed E-state index contributed by atoms with van der Waals surface area (Å²) in [4.78, 5) is 12.2. The molecule has 9 nitrogen and oxygen atoms in total. The number of hydrogen-bond donors (Lipinski definition) is 0. The molecule has 1 saturated heterocycles. The Morgan fingerprint density at radius 3 is 2.62 bits per heavy atom. The number of hydrogen-bond acceptors (Lipinski definition) is 8. The average molecular weight is 514 g/mol. The number of ether oxygens (including phenoxy) is 4. The Labute approximate surface area is 216 Å². The van der Waals surface area contributed by atoms with Crippen LogP contribution in [-0.2, 0) is 15.9 Å². The summed E-state index contributed by atoms with van der Waals surface area (Å²) in [5.74, 6) is 1.83. The SMILES string of the molecule is CCCCc1nc2cc(N3CCOCC3)nc(O[C@H]3CC[C@@H](n4cc(F)cn4)CC3)c2cc1OCOC. The number of unbranched alkanes of at least 4 members (excludes halogenated alkanes) is 1.